The van der Waals surface area contributed by atoms with E-state index in [1.54, 1.807) is 0 Å². The zero-order valence-corrected chi connectivity index (χ0v) is 7.53. The number of benzene rings is 1. The second-order valence-electron chi connectivity index (χ2n) is 3.15. The zero-order chi connectivity index (χ0) is 9.10. The van der Waals surface area contributed by atoms with Gasteiger partial charge in [0.1, 0.15) is 0 Å². The van der Waals surface area contributed by atoms with Gasteiger partial charge in [-0.1, -0.05) is 55.1 Å². The Morgan fingerprint density at radius 2 is 1.92 bits per heavy atom. The summed E-state index contributed by atoms with van der Waals surface area (Å²) in [6.45, 7) is 3.73. The first-order valence-electron chi connectivity index (χ1n) is 4.49. The van der Waals surface area contributed by atoms with Crippen LogP contribution < -0.4 is 0 Å². The molecule has 0 aliphatic heterocycles. The van der Waals surface area contributed by atoms with Gasteiger partial charge in [-0.05, 0) is 23.1 Å². The molecule has 0 heteroatoms. The lowest BCUT2D eigenvalue weighted by Crippen LogP contribution is -1.80. The zero-order valence-electron chi connectivity index (χ0n) is 7.53. The highest BCUT2D eigenvalue weighted by atomic mass is 14.1. The lowest BCUT2D eigenvalue weighted by atomic mass is 10.0. The smallest absolute Gasteiger partial charge is 0.00884 e. The van der Waals surface area contributed by atoms with Crippen molar-refractivity contribution in [2.45, 2.75) is 6.42 Å². The van der Waals surface area contributed by atoms with Crippen molar-refractivity contribution in [2.24, 2.45) is 0 Å². The molecule has 0 saturated heterocycles. The molecule has 0 nitrogen and oxygen atoms in total. The SMILES string of the molecule is C=Cc1ccc(C2=CC=CC2)cc1. The minimum absolute atomic E-state index is 1.06. The Balaban J connectivity index is 2.28. The molecule has 0 N–H and O–H groups in total. The highest BCUT2D eigenvalue weighted by Gasteiger charge is 2.01. The van der Waals surface area contributed by atoms with Gasteiger partial charge in [-0.25, -0.2) is 0 Å². The van der Waals surface area contributed by atoms with Gasteiger partial charge >= 0.3 is 0 Å². The molecule has 0 bridgehead atoms. The molecule has 0 radical (unpaired) electrons. The average Bonchev–Trinajstić information content (AvgIpc) is 2.71. The molecule has 2 rings (SSSR count). The quantitative estimate of drug-likeness (QED) is 0.632. The van der Waals surface area contributed by atoms with E-state index in [0.29, 0.717) is 0 Å². The molecule has 0 amide bonds. The molecule has 0 spiro atoms. The molecule has 0 fully saturated rings. The van der Waals surface area contributed by atoms with Crippen LogP contribution in [-0.4, -0.2) is 0 Å². The van der Waals surface area contributed by atoms with Crippen LogP contribution in [0.2, 0.25) is 0 Å². The van der Waals surface area contributed by atoms with Crippen LogP contribution in [0.1, 0.15) is 17.5 Å². The average molecular weight is 168 g/mol. The molecule has 0 atom stereocenters. The fourth-order valence-electron chi connectivity index (χ4n) is 1.49. The molecule has 0 heterocycles. The van der Waals surface area contributed by atoms with Crippen LogP contribution in [0.5, 0.6) is 0 Å². The largest absolute Gasteiger partial charge is 0.0985 e. The second kappa shape index (κ2) is 3.44. The van der Waals surface area contributed by atoms with Crippen LogP contribution in [0.15, 0.2) is 49.1 Å². The molecular weight excluding hydrogens is 156 g/mol. The summed E-state index contributed by atoms with van der Waals surface area (Å²) in [6.07, 6.45) is 9.38. The molecule has 1 aromatic carbocycles. The van der Waals surface area contributed by atoms with E-state index in [9.17, 15) is 0 Å². The Hall–Kier alpha value is -1.56. The van der Waals surface area contributed by atoms with Gasteiger partial charge in [0.25, 0.3) is 0 Å². The molecule has 1 aromatic rings. The molecule has 0 unspecified atom stereocenters. The summed E-state index contributed by atoms with van der Waals surface area (Å²) in [5.41, 5.74) is 3.89. The number of rotatable bonds is 2. The van der Waals surface area contributed by atoms with Crippen molar-refractivity contribution in [3.05, 3.63) is 60.2 Å². The first-order chi connectivity index (χ1) is 6.40. The summed E-state index contributed by atoms with van der Waals surface area (Å²) in [4.78, 5) is 0. The lowest BCUT2D eigenvalue weighted by molar-refractivity contribution is 1.43. The van der Waals surface area contributed by atoms with Crippen molar-refractivity contribution >= 4 is 11.6 Å². The Morgan fingerprint density at radius 1 is 1.15 bits per heavy atom. The van der Waals surface area contributed by atoms with Gasteiger partial charge in [-0.2, -0.15) is 0 Å². The highest BCUT2D eigenvalue weighted by Crippen LogP contribution is 2.23. The standard InChI is InChI=1S/C13H12/c1-2-11-7-9-13(10-8-11)12-5-3-4-6-12/h2-5,7-10H,1,6H2. The Kier molecular flexibility index (Phi) is 2.13. The first-order valence-corrected chi connectivity index (χ1v) is 4.49. The van der Waals surface area contributed by atoms with Gasteiger partial charge in [-0.15, -0.1) is 0 Å². The Morgan fingerprint density at radius 3 is 2.46 bits per heavy atom. The summed E-state index contributed by atoms with van der Waals surface area (Å²) in [5, 5.41) is 0. The van der Waals surface area contributed by atoms with Crippen molar-refractivity contribution in [2.75, 3.05) is 0 Å². The molecule has 0 saturated carbocycles. The minimum atomic E-state index is 1.06. The van der Waals surface area contributed by atoms with Gasteiger partial charge in [0.2, 0.25) is 0 Å². The molecule has 13 heavy (non-hydrogen) atoms. The molecule has 64 valence electrons. The van der Waals surface area contributed by atoms with Crippen LogP contribution >= 0.6 is 0 Å². The van der Waals surface area contributed by atoms with Gasteiger partial charge in [0.15, 0.2) is 0 Å². The Labute approximate surface area is 78.9 Å². The summed E-state index contributed by atoms with van der Waals surface area (Å²) >= 11 is 0. The van der Waals surface area contributed by atoms with E-state index in [4.69, 9.17) is 0 Å². The van der Waals surface area contributed by atoms with Crippen molar-refractivity contribution < 1.29 is 0 Å². The maximum Gasteiger partial charge on any atom is -0.00884 e. The molecular formula is C13H12. The van der Waals surface area contributed by atoms with Crippen molar-refractivity contribution in [1.29, 1.82) is 0 Å². The van der Waals surface area contributed by atoms with Crippen molar-refractivity contribution in [1.82, 2.24) is 0 Å². The highest BCUT2D eigenvalue weighted by molar-refractivity contribution is 5.71. The van der Waals surface area contributed by atoms with Gasteiger partial charge in [0.05, 0.1) is 0 Å². The van der Waals surface area contributed by atoms with Crippen LogP contribution in [0.3, 0.4) is 0 Å². The van der Waals surface area contributed by atoms with Gasteiger partial charge < -0.3 is 0 Å². The van der Waals surface area contributed by atoms with Crippen molar-refractivity contribution in [3.8, 4) is 0 Å². The fraction of sp³-hybridized carbons (Fsp3) is 0.0769. The van der Waals surface area contributed by atoms with E-state index >= 15 is 0 Å². The topological polar surface area (TPSA) is 0 Å². The summed E-state index contributed by atoms with van der Waals surface area (Å²) < 4.78 is 0. The van der Waals surface area contributed by atoms with E-state index in [1.165, 1.54) is 16.7 Å². The molecule has 0 aromatic heterocycles. The predicted molar refractivity (Wildman–Crippen MR) is 58.3 cm³/mol. The normalized spacial score (nSPS) is 14.3. The van der Waals surface area contributed by atoms with Crippen LogP contribution in [-0.2, 0) is 0 Å². The Bertz CT molecular complexity index is 364. The number of hydrogen-bond acceptors (Lipinski definition) is 0. The number of hydrogen-bond donors (Lipinski definition) is 0. The predicted octanol–water partition coefficient (Wildman–Crippen LogP) is 3.67. The van der Waals surface area contributed by atoms with Crippen molar-refractivity contribution in [3.63, 3.8) is 0 Å². The maximum absolute atomic E-state index is 3.73. The van der Waals surface area contributed by atoms with Gasteiger partial charge in [0, 0.05) is 0 Å². The third-order valence-corrected chi connectivity index (χ3v) is 2.29. The maximum atomic E-state index is 3.73. The summed E-state index contributed by atoms with van der Waals surface area (Å²) in [6, 6.07) is 8.49. The van der Waals surface area contributed by atoms with Crippen LogP contribution in [0, 0.1) is 0 Å². The van der Waals surface area contributed by atoms with E-state index in [2.05, 4.69) is 49.1 Å². The lowest BCUT2D eigenvalue weighted by Gasteiger charge is -2.01. The first kappa shape index (κ1) is 8.06. The third kappa shape index (κ3) is 1.62. The van der Waals surface area contributed by atoms with E-state index < -0.39 is 0 Å². The fourth-order valence-corrected chi connectivity index (χ4v) is 1.49. The third-order valence-electron chi connectivity index (χ3n) is 2.29. The molecule has 1 aliphatic carbocycles. The minimum Gasteiger partial charge on any atom is -0.0985 e. The van der Waals surface area contributed by atoms with Crippen LogP contribution in [0.4, 0.5) is 0 Å². The summed E-state index contributed by atoms with van der Waals surface area (Å²) in [5.74, 6) is 0. The molecule has 1 aliphatic rings. The second-order valence-corrected chi connectivity index (χ2v) is 3.15. The van der Waals surface area contributed by atoms with E-state index in [0.717, 1.165) is 6.42 Å². The van der Waals surface area contributed by atoms with Crippen LogP contribution in [0.25, 0.3) is 11.6 Å². The summed E-state index contributed by atoms with van der Waals surface area (Å²) in [7, 11) is 0. The monoisotopic (exact) mass is 168 g/mol. The van der Waals surface area contributed by atoms with E-state index in [-0.39, 0.29) is 0 Å². The number of allylic oxidation sites excluding steroid dienone is 4. The van der Waals surface area contributed by atoms with E-state index in [1.807, 2.05) is 6.08 Å². The van der Waals surface area contributed by atoms with Gasteiger partial charge in [-0.3, -0.25) is 0 Å².